The average Bonchev–Trinajstić information content (AvgIpc) is 2.49. The van der Waals surface area contributed by atoms with E-state index in [1.807, 2.05) is 37.3 Å². The number of nitrogens with one attached hydrogen (secondary N) is 2. The molecule has 2 amide bonds. The van der Waals surface area contributed by atoms with Crippen molar-refractivity contribution in [2.75, 3.05) is 10.6 Å². The highest BCUT2D eigenvalue weighted by Gasteiger charge is 2.10. The predicted molar refractivity (Wildman–Crippen MR) is 89.0 cm³/mol. The molecule has 0 atom stereocenters. The third-order valence-electron chi connectivity index (χ3n) is 3.63. The van der Waals surface area contributed by atoms with Gasteiger partial charge in [-0.3, -0.25) is 0 Å². The van der Waals surface area contributed by atoms with Gasteiger partial charge in [0.1, 0.15) is 0 Å². The van der Waals surface area contributed by atoms with E-state index in [1.54, 1.807) is 0 Å². The molecule has 2 aromatic carbocycles. The van der Waals surface area contributed by atoms with E-state index in [1.165, 1.54) is 0 Å². The number of carbonyl (C=O) groups is 1. The van der Waals surface area contributed by atoms with Crippen molar-refractivity contribution in [3.8, 4) is 0 Å². The summed E-state index contributed by atoms with van der Waals surface area (Å²) in [6.07, 6.45) is 1.79. The molecule has 0 heterocycles. The highest BCUT2D eigenvalue weighted by molar-refractivity contribution is 6.01. The molecule has 2 aromatic rings. The molecule has 0 saturated heterocycles. The molecule has 0 saturated carbocycles. The molecule has 0 aliphatic rings. The molecule has 0 spiro atoms. The molecule has 2 rings (SSSR count). The molecule has 0 aliphatic carbocycles. The Morgan fingerprint density at radius 2 is 1.52 bits per heavy atom. The normalized spacial score (nSPS) is 10.2. The summed E-state index contributed by atoms with van der Waals surface area (Å²) >= 11 is 0. The summed E-state index contributed by atoms with van der Waals surface area (Å²) in [7, 11) is 0. The lowest BCUT2D eigenvalue weighted by Gasteiger charge is -2.15. The molecule has 2 N–H and O–H groups in total. The third kappa shape index (κ3) is 3.63. The highest BCUT2D eigenvalue weighted by atomic mass is 16.2. The second-order valence-electron chi connectivity index (χ2n) is 5.05. The Hall–Kier alpha value is -2.29. The number of benzene rings is 2. The fraction of sp³-hybridized carbons (Fsp3) is 0.278. The Kier molecular flexibility index (Phi) is 4.99. The van der Waals surface area contributed by atoms with E-state index in [9.17, 15) is 4.79 Å². The topological polar surface area (TPSA) is 41.1 Å². The van der Waals surface area contributed by atoms with Gasteiger partial charge in [-0.1, -0.05) is 50.2 Å². The van der Waals surface area contributed by atoms with E-state index >= 15 is 0 Å². The van der Waals surface area contributed by atoms with Gasteiger partial charge >= 0.3 is 6.03 Å². The van der Waals surface area contributed by atoms with Crippen molar-refractivity contribution in [3.05, 3.63) is 59.2 Å². The van der Waals surface area contributed by atoms with Gasteiger partial charge in [0.2, 0.25) is 0 Å². The molecule has 110 valence electrons. The first-order chi connectivity index (χ1) is 10.2. The second kappa shape index (κ2) is 6.93. The van der Waals surface area contributed by atoms with Crippen LogP contribution < -0.4 is 10.6 Å². The zero-order valence-electron chi connectivity index (χ0n) is 12.9. The fourth-order valence-electron chi connectivity index (χ4n) is 2.38. The van der Waals surface area contributed by atoms with E-state index in [-0.39, 0.29) is 6.03 Å². The van der Waals surface area contributed by atoms with Crippen molar-refractivity contribution < 1.29 is 4.79 Å². The molecule has 0 aliphatic heterocycles. The Labute approximate surface area is 126 Å². The Morgan fingerprint density at radius 3 is 2.10 bits per heavy atom. The van der Waals surface area contributed by atoms with Crippen LogP contribution in [-0.2, 0) is 12.8 Å². The highest BCUT2D eigenvalue weighted by Crippen LogP contribution is 2.23. The van der Waals surface area contributed by atoms with Crippen LogP contribution in [-0.4, -0.2) is 6.03 Å². The Balaban J connectivity index is 2.18. The first-order valence-electron chi connectivity index (χ1n) is 7.40. The summed E-state index contributed by atoms with van der Waals surface area (Å²) < 4.78 is 0. The third-order valence-corrected chi connectivity index (χ3v) is 3.63. The molecular weight excluding hydrogens is 260 g/mol. The minimum atomic E-state index is -0.195. The fourth-order valence-corrected chi connectivity index (χ4v) is 2.38. The van der Waals surface area contributed by atoms with Crippen LogP contribution >= 0.6 is 0 Å². The van der Waals surface area contributed by atoms with Gasteiger partial charge < -0.3 is 10.6 Å². The zero-order chi connectivity index (χ0) is 15.2. The molecular formula is C18H22N2O. The van der Waals surface area contributed by atoms with Crippen molar-refractivity contribution in [1.29, 1.82) is 0 Å². The van der Waals surface area contributed by atoms with Gasteiger partial charge in [0.25, 0.3) is 0 Å². The summed E-state index contributed by atoms with van der Waals surface area (Å²) in [4.78, 5) is 12.2. The summed E-state index contributed by atoms with van der Waals surface area (Å²) in [6.45, 7) is 6.17. The molecule has 0 aromatic heterocycles. The van der Waals surface area contributed by atoms with Crippen molar-refractivity contribution in [2.24, 2.45) is 0 Å². The van der Waals surface area contributed by atoms with Crippen molar-refractivity contribution in [2.45, 2.75) is 33.6 Å². The lowest BCUT2D eigenvalue weighted by atomic mass is 10.0. The van der Waals surface area contributed by atoms with E-state index in [4.69, 9.17) is 0 Å². The minimum Gasteiger partial charge on any atom is -0.307 e. The Morgan fingerprint density at radius 1 is 0.905 bits per heavy atom. The van der Waals surface area contributed by atoms with Crippen molar-refractivity contribution in [1.82, 2.24) is 0 Å². The number of anilines is 2. The summed E-state index contributed by atoms with van der Waals surface area (Å²) in [5, 5.41) is 5.92. The molecule has 3 nitrogen and oxygen atoms in total. The lowest BCUT2D eigenvalue weighted by Crippen LogP contribution is -2.21. The van der Waals surface area contributed by atoms with Crippen LogP contribution in [0.25, 0.3) is 0 Å². The summed E-state index contributed by atoms with van der Waals surface area (Å²) in [5.41, 5.74) is 5.14. The Bertz CT molecular complexity index is 613. The first kappa shape index (κ1) is 15.1. The zero-order valence-corrected chi connectivity index (χ0v) is 12.9. The number of amides is 2. The van der Waals surface area contributed by atoms with Crippen LogP contribution in [0.15, 0.2) is 42.5 Å². The number of hydrogen-bond donors (Lipinski definition) is 2. The molecule has 0 unspecified atom stereocenters. The van der Waals surface area contributed by atoms with Gasteiger partial charge in [0.05, 0.1) is 0 Å². The van der Waals surface area contributed by atoms with Gasteiger partial charge in [-0.05, 0) is 42.5 Å². The number of aryl methyl sites for hydroxylation is 3. The lowest BCUT2D eigenvalue weighted by molar-refractivity contribution is 0.262. The average molecular weight is 282 g/mol. The molecule has 21 heavy (non-hydrogen) atoms. The second-order valence-corrected chi connectivity index (χ2v) is 5.05. The summed E-state index contributed by atoms with van der Waals surface area (Å²) in [6, 6.07) is 13.7. The van der Waals surface area contributed by atoms with E-state index in [0.717, 1.165) is 40.9 Å². The molecule has 3 heteroatoms. The van der Waals surface area contributed by atoms with E-state index < -0.39 is 0 Å². The SMILES string of the molecule is CCc1cccc(CC)c1NC(=O)Nc1ccccc1C. The van der Waals surface area contributed by atoms with Crippen LogP contribution in [0.3, 0.4) is 0 Å². The monoisotopic (exact) mass is 282 g/mol. The molecule has 0 bridgehead atoms. The van der Waals surface area contributed by atoms with Gasteiger partial charge in [-0.25, -0.2) is 4.79 Å². The maximum absolute atomic E-state index is 12.2. The largest absolute Gasteiger partial charge is 0.323 e. The number of rotatable bonds is 4. The number of hydrogen-bond acceptors (Lipinski definition) is 1. The van der Waals surface area contributed by atoms with Crippen LogP contribution in [0.1, 0.15) is 30.5 Å². The summed E-state index contributed by atoms with van der Waals surface area (Å²) in [5.74, 6) is 0. The molecule has 0 fully saturated rings. The number of carbonyl (C=O) groups excluding carboxylic acids is 1. The van der Waals surface area contributed by atoms with Gasteiger partial charge in [0.15, 0.2) is 0 Å². The minimum absolute atomic E-state index is 0.195. The first-order valence-corrected chi connectivity index (χ1v) is 7.40. The maximum Gasteiger partial charge on any atom is 0.323 e. The van der Waals surface area contributed by atoms with Gasteiger partial charge in [-0.15, -0.1) is 0 Å². The number of para-hydroxylation sites is 2. The standard InChI is InChI=1S/C18H22N2O/c1-4-14-10-8-11-15(5-2)17(14)20-18(21)19-16-12-7-6-9-13(16)3/h6-12H,4-5H2,1-3H3,(H2,19,20,21). The van der Waals surface area contributed by atoms with Crippen LogP contribution in [0.4, 0.5) is 16.2 Å². The van der Waals surface area contributed by atoms with E-state index in [2.05, 4.69) is 36.6 Å². The smallest absolute Gasteiger partial charge is 0.307 e. The van der Waals surface area contributed by atoms with Crippen molar-refractivity contribution in [3.63, 3.8) is 0 Å². The van der Waals surface area contributed by atoms with Gasteiger partial charge in [-0.2, -0.15) is 0 Å². The van der Waals surface area contributed by atoms with Crippen LogP contribution in [0.2, 0.25) is 0 Å². The van der Waals surface area contributed by atoms with Crippen LogP contribution in [0, 0.1) is 6.92 Å². The number of urea groups is 1. The van der Waals surface area contributed by atoms with Crippen molar-refractivity contribution >= 4 is 17.4 Å². The predicted octanol–water partition coefficient (Wildman–Crippen LogP) is 4.76. The quantitative estimate of drug-likeness (QED) is 0.833. The maximum atomic E-state index is 12.2. The van der Waals surface area contributed by atoms with Gasteiger partial charge in [0, 0.05) is 11.4 Å². The van der Waals surface area contributed by atoms with E-state index in [0.29, 0.717) is 0 Å². The van der Waals surface area contributed by atoms with Crippen LogP contribution in [0.5, 0.6) is 0 Å². The molecule has 0 radical (unpaired) electrons.